The highest BCUT2D eigenvalue weighted by Crippen LogP contribution is 2.32. The number of amides is 6. The molecule has 16 heteroatoms. The monoisotopic (exact) mass is 740 g/mol. The molecule has 0 bridgehead atoms. The number of carbonyl (C=O) groups excluding carboxylic acids is 6. The lowest BCUT2D eigenvalue weighted by Crippen LogP contribution is -2.54. The van der Waals surface area contributed by atoms with Gasteiger partial charge < -0.3 is 39.1 Å². The van der Waals surface area contributed by atoms with Crippen molar-refractivity contribution in [2.75, 3.05) is 83.3 Å². The van der Waals surface area contributed by atoms with Crippen LogP contribution in [0.3, 0.4) is 0 Å². The van der Waals surface area contributed by atoms with Gasteiger partial charge in [-0.3, -0.25) is 39.0 Å². The quantitative estimate of drug-likeness (QED) is 0.0996. The predicted molar refractivity (Wildman–Crippen MR) is 191 cm³/mol. The molecule has 1 fully saturated rings. The highest BCUT2D eigenvalue weighted by Gasteiger charge is 2.45. The first-order valence-electron chi connectivity index (χ1n) is 17.8. The van der Waals surface area contributed by atoms with Gasteiger partial charge in [-0.2, -0.15) is 0 Å². The van der Waals surface area contributed by atoms with Crippen molar-refractivity contribution in [3.8, 4) is 5.75 Å². The van der Waals surface area contributed by atoms with Gasteiger partial charge in [-0.05, 0) is 55.7 Å². The van der Waals surface area contributed by atoms with Crippen molar-refractivity contribution in [2.45, 2.75) is 51.5 Å². The molecule has 3 N–H and O–H groups in total. The number of hydrogen-bond acceptors (Lipinski definition) is 12. The standard InChI is InChI=1S/C37H48N4O12/c1-26(42)38-27-9-11-28(12-10-27)53-25-24-52-23-22-51-21-20-50-19-18-49-17-16-48-15-4-2-3-8-32(43)39-30-7-5-6-29-34(30)37(47)41(36(29)46)31-13-14-33(44)40-35(31)45/h5-7,9-12,31H,2-4,8,13-25H2,1H3,(H,38,42)(H,39,43)(H,40,44,45). The number of imide groups is 2. The predicted octanol–water partition coefficient (Wildman–Crippen LogP) is 2.71. The van der Waals surface area contributed by atoms with Crippen molar-refractivity contribution in [3.05, 3.63) is 53.6 Å². The van der Waals surface area contributed by atoms with Gasteiger partial charge in [0.2, 0.25) is 23.6 Å². The number of fused-ring (bicyclic) bond motifs is 1. The Labute approximate surface area is 308 Å². The van der Waals surface area contributed by atoms with Gasteiger partial charge >= 0.3 is 0 Å². The van der Waals surface area contributed by atoms with E-state index in [2.05, 4.69) is 16.0 Å². The third-order valence-corrected chi connectivity index (χ3v) is 8.09. The van der Waals surface area contributed by atoms with Crippen LogP contribution >= 0.6 is 0 Å². The Hall–Kier alpha value is -4.74. The van der Waals surface area contributed by atoms with E-state index in [0.29, 0.717) is 90.5 Å². The molecule has 16 nitrogen and oxygen atoms in total. The van der Waals surface area contributed by atoms with Gasteiger partial charge in [-0.1, -0.05) is 12.5 Å². The zero-order chi connectivity index (χ0) is 37.8. The molecule has 2 aliphatic heterocycles. The number of benzene rings is 2. The summed E-state index contributed by atoms with van der Waals surface area (Å²) in [4.78, 5) is 74.5. The molecule has 0 saturated carbocycles. The molecule has 6 amide bonds. The van der Waals surface area contributed by atoms with E-state index in [4.69, 9.17) is 28.4 Å². The molecule has 1 unspecified atom stereocenters. The summed E-state index contributed by atoms with van der Waals surface area (Å²) < 4.78 is 33.2. The molecule has 4 rings (SSSR count). The van der Waals surface area contributed by atoms with Gasteiger partial charge in [0.15, 0.2) is 0 Å². The molecule has 0 radical (unpaired) electrons. The topological polar surface area (TPSA) is 197 Å². The van der Waals surface area contributed by atoms with E-state index in [1.54, 1.807) is 36.4 Å². The van der Waals surface area contributed by atoms with Crippen LogP contribution in [0.25, 0.3) is 0 Å². The lowest BCUT2D eigenvalue weighted by atomic mass is 10.0. The van der Waals surface area contributed by atoms with Crippen molar-refractivity contribution in [3.63, 3.8) is 0 Å². The van der Waals surface area contributed by atoms with Gasteiger partial charge in [0.25, 0.3) is 11.8 Å². The van der Waals surface area contributed by atoms with E-state index in [9.17, 15) is 28.8 Å². The fraction of sp³-hybridized carbons (Fsp3) is 0.514. The smallest absolute Gasteiger partial charge is 0.264 e. The van der Waals surface area contributed by atoms with Crippen molar-refractivity contribution in [2.24, 2.45) is 0 Å². The summed E-state index contributed by atoms with van der Waals surface area (Å²) in [5.74, 6) is -2.15. The van der Waals surface area contributed by atoms with E-state index < -0.39 is 29.7 Å². The first kappa shape index (κ1) is 41.0. The molecule has 2 aliphatic rings. The fourth-order valence-electron chi connectivity index (χ4n) is 5.54. The summed E-state index contributed by atoms with van der Waals surface area (Å²) in [7, 11) is 0. The molecule has 2 aromatic rings. The average molecular weight is 741 g/mol. The van der Waals surface area contributed by atoms with Crippen LogP contribution in [0.1, 0.15) is 66.2 Å². The SMILES string of the molecule is CC(=O)Nc1ccc(OCCOCCOCCOCCOCCOCCCCCC(=O)Nc2cccc3c2C(=O)N(C2CCC(=O)NC2=O)C3=O)cc1. The van der Waals surface area contributed by atoms with Crippen molar-refractivity contribution >= 4 is 46.8 Å². The largest absolute Gasteiger partial charge is 0.491 e. The molecule has 288 valence electrons. The number of piperidine rings is 1. The molecular formula is C37H48N4O12. The number of nitrogens with zero attached hydrogens (tertiary/aromatic N) is 1. The third-order valence-electron chi connectivity index (χ3n) is 8.09. The molecule has 0 aromatic heterocycles. The number of unbranched alkanes of at least 4 members (excludes halogenated alkanes) is 2. The molecule has 53 heavy (non-hydrogen) atoms. The normalized spacial score (nSPS) is 15.3. The molecule has 0 aliphatic carbocycles. The van der Waals surface area contributed by atoms with Crippen LogP contribution < -0.4 is 20.7 Å². The lowest BCUT2D eigenvalue weighted by molar-refractivity contribution is -0.136. The number of nitrogens with one attached hydrogen (secondary N) is 3. The van der Waals surface area contributed by atoms with Gasteiger partial charge in [-0.25, -0.2) is 0 Å². The Morgan fingerprint density at radius 1 is 0.717 bits per heavy atom. The maximum absolute atomic E-state index is 13.2. The van der Waals surface area contributed by atoms with Crippen LogP contribution in [0.15, 0.2) is 42.5 Å². The zero-order valence-electron chi connectivity index (χ0n) is 30.0. The number of anilines is 2. The summed E-state index contributed by atoms with van der Waals surface area (Å²) >= 11 is 0. The van der Waals surface area contributed by atoms with Crippen molar-refractivity contribution in [1.82, 2.24) is 10.2 Å². The van der Waals surface area contributed by atoms with Crippen LogP contribution in [0.2, 0.25) is 0 Å². The Morgan fingerprint density at radius 3 is 1.92 bits per heavy atom. The number of ether oxygens (including phenoxy) is 6. The number of carbonyl (C=O) groups is 6. The van der Waals surface area contributed by atoms with E-state index in [0.717, 1.165) is 17.7 Å². The summed E-state index contributed by atoms with van der Waals surface area (Å²) in [5, 5.41) is 7.60. The molecule has 1 saturated heterocycles. The summed E-state index contributed by atoms with van der Waals surface area (Å²) in [6.07, 6.45) is 2.44. The number of hydrogen-bond donors (Lipinski definition) is 3. The minimum atomic E-state index is -1.07. The molecule has 1 atom stereocenters. The zero-order valence-corrected chi connectivity index (χ0v) is 30.0. The van der Waals surface area contributed by atoms with Crippen LogP contribution in [0.4, 0.5) is 11.4 Å². The number of rotatable bonds is 25. The highest BCUT2D eigenvalue weighted by atomic mass is 16.6. The van der Waals surface area contributed by atoms with E-state index in [-0.39, 0.29) is 47.9 Å². The van der Waals surface area contributed by atoms with Crippen LogP contribution in [0.5, 0.6) is 5.75 Å². The second-order valence-corrected chi connectivity index (χ2v) is 12.2. The Morgan fingerprint density at radius 2 is 1.32 bits per heavy atom. The first-order valence-corrected chi connectivity index (χ1v) is 17.8. The first-order chi connectivity index (χ1) is 25.7. The van der Waals surface area contributed by atoms with E-state index in [1.807, 2.05) is 0 Å². The maximum Gasteiger partial charge on any atom is 0.264 e. The Bertz CT molecular complexity index is 1550. The Balaban J connectivity index is 0.918. The maximum atomic E-state index is 13.2. The Kier molecular flexibility index (Phi) is 17.3. The van der Waals surface area contributed by atoms with E-state index >= 15 is 0 Å². The minimum Gasteiger partial charge on any atom is -0.491 e. The fourth-order valence-corrected chi connectivity index (χ4v) is 5.54. The van der Waals surface area contributed by atoms with Gasteiger partial charge in [0, 0.05) is 32.1 Å². The molecule has 0 spiro atoms. The minimum absolute atomic E-state index is 0.0273. The molecular weight excluding hydrogens is 692 g/mol. The second-order valence-electron chi connectivity index (χ2n) is 12.2. The third kappa shape index (κ3) is 13.6. The van der Waals surface area contributed by atoms with E-state index in [1.165, 1.54) is 13.0 Å². The summed E-state index contributed by atoms with van der Waals surface area (Å²) in [5.41, 5.74) is 1.09. The molecule has 2 aromatic carbocycles. The lowest BCUT2D eigenvalue weighted by Gasteiger charge is -2.27. The summed E-state index contributed by atoms with van der Waals surface area (Å²) in [6, 6.07) is 10.6. The van der Waals surface area contributed by atoms with Gasteiger partial charge in [0.1, 0.15) is 18.4 Å². The van der Waals surface area contributed by atoms with Gasteiger partial charge in [-0.15, -0.1) is 0 Å². The van der Waals surface area contributed by atoms with Crippen LogP contribution in [-0.2, 0) is 42.9 Å². The van der Waals surface area contributed by atoms with Crippen molar-refractivity contribution in [1.29, 1.82) is 0 Å². The van der Waals surface area contributed by atoms with Gasteiger partial charge in [0.05, 0.1) is 76.3 Å². The average Bonchev–Trinajstić information content (AvgIpc) is 3.38. The molecule has 2 heterocycles. The second kappa shape index (κ2) is 22.4. The highest BCUT2D eigenvalue weighted by molar-refractivity contribution is 6.26. The van der Waals surface area contributed by atoms with Crippen molar-refractivity contribution < 1.29 is 57.2 Å². The van der Waals surface area contributed by atoms with Crippen LogP contribution in [-0.4, -0.2) is 119 Å². The summed E-state index contributed by atoms with van der Waals surface area (Å²) in [6.45, 7) is 6.39. The van der Waals surface area contributed by atoms with Crippen LogP contribution in [0, 0.1) is 0 Å².